The standard InChI is InChI=1S/C18H25ClF2/c1-2-3-5-14-8-10-18(13-19,11-9-14)12-15-16(20)6-4-7-17(15)21/h4,6-7,14H,2-3,5,8-13H2,1H3. The van der Waals surface area contributed by atoms with Crippen LogP contribution in [-0.2, 0) is 6.42 Å². The molecule has 3 heteroatoms. The fourth-order valence-electron chi connectivity index (χ4n) is 3.51. The van der Waals surface area contributed by atoms with Crippen molar-refractivity contribution in [1.82, 2.24) is 0 Å². The lowest BCUT2D eigenvalue weighted by atomic mass is 9.67. The van der Waals surface area contributed by atoms with Crippen molar-refractivity contribution in [3.63, 3.8) is 0 Å². The monoisotopic (exact) mass is 314 g/mol. The van der Waals surface area contributed by atoms with Gasteiger partial charge in [0.05, 0.1) is 0 Å². The van der Waals surface area contributed by atoms with Crippen LogP contribution in [0.2, 0.25) is 0 Å². The fourth-order valence-corrected chi connectivity index (χ4v) is 3.87. The molecule has 2 rings (SSSR count). The molecule has 0 bridgehead atoms. The van der Waals surface area contributed by atoms with Crippen LogP contribution in [0.15, 0.2) is 18.2 Å². The van der Waals surface area contributed by atoms with Crippen LogP contribution in [0.5, 0.6) is 0 Å². The SMILES string of the molecule is CCCCC1CCC(CCl)(Cc2c(F)cccc2F)CC1. The van der Waals surface area contributed by atoms with E-state index >= 15 is 0 Å². The first-order chi connectivity index (χ1) is 10.1. The minimum atomic E-state index is -0.437. The molecule has 0 unspecified atom stereocenters. The van der Waals surface area contributed by atoms with E-state index in [0.29, 0.717) is 12.3 Å². The fraction of sp³-hybridized carbons (Fsp3) is 0.667. The number of rotatable bonds is 6. The molecule has 0 nitrogen and oxygen atoms in total. The zero-order valence-electron chi connectivity index (χ0n) is 12.8. The second kappa shape index (κ2) is 7.58. The van der Waals surface area contributed by atoms with Crippen molar-refractivity contribution in [3.05, 3.63) is 35.4 Å². The van der Waals surface area contributed by atoms with E-state index in [4.69, 9.17) is 11.6 Å². The van der Waals surface area contributed by atoms with Crippen molar-refractivity contribution in [2.24, 2.45) is 11.3 Å². The Morgan fingerprint density at radius 3 is 2.33 bits per heavy atom. The van der Waals surface area contributed by atoms with E-state index in [1.165, 1.54) is 37.5 Å². The third-order valence-electron chi connectivity index (χ3n) is 5.03. The molecule has 1 fully saturated rings. The summed E-state index contributed by atoms with van der Waals surface area (Å²) in [6, 6.07) is 4.10. The van der Waals surface area contributed by atoms with Gasteiger partial charge in [-0.2, -0.15) is 0 Å². The van der Waals surface area contributed by atoms with Crippen LogP contribution in [0, 0.1) is 23.0 Å². The number of benzene rings is 1. The van der Waals surface area contributed by atoms with Gasteiger partial charge in [-0.3, -0.25) is 0 Å². The summed E-state index contributed by atoms with van der Waals surface area (Å²) >= 11 is 6.20. The summed E-state index contributed by atoms with van der Waals surface area (Å²) in [4.78, 5) is 0. The molecular formula is C18H25ClF2. The normalized spacial score (nSPS) is 26.0. The van der Waals surface area contributed by atoms with E-state index in [9.17, 15) is 8.78 Å². The highest BCUT2D eigenvalue weighted by molar-refractivity contribution is 6.18. The van der Waals surface area contributed by atoms with Crippen molar-refractivity contribution in [2.75, 3.05) is 5.88 Å². The van der Waals surface area contributed by atoms with Crippen LogP contribution in [0.3, 0.4) is 0 Å². The maximum absolute atomic E-state index is 13.9. The average Bonchev–Trinajstić information content (AvgIpc) is 2.50. The van der Waals surface area contributed by atoms with E-state index in [1.807, 2.05) is 0 Å². The van der Waals surface area contributed by atoms with Gasteiger partial charge in [0, 0.05) is 11.4 Å². The first kappa shape index (κ1) is 16.7. The summed E-state index contributed by atoms with van der Waals surface area (Å²) in [5.41, 5.74) is 0.0815. The summed E-state index contributed by atoms with van der Waals surface area (Å²) < 4.78 is 27.7. The van der Waals surface area contributed by atoms with Gasteiger partial charge in [-0.15, -0.1) is 11.6 Å². The molecule has 1 aliphatic carbocycles. The second-order valence-corrected chi connectivity index (χ2v) is 6.86. The van der Waals surface area contributed by atoms with Crippen LogP contribution >= 0.6 is 11.6 Å². The molecule has 21 heavy (non-hydrogen) atoms. The minimum Gasteiger partial charge on any atom is -0.207 e. The molecule has 0 N–H and O–H groups in total. The Morgan fingerprint density at radius 2 is 1.81 bits per heavy atom. The number of hydrogen-bond donors (Lipinski definition) is 0. The van der Waals surface area contributed by atoms with Gasteiger partial charge in [0.25, 0.3) is 0 Å². The molecule has 1 aromatic carbocycles. The van der Waals surface area contributed by atoms with E-state index in [-0.39, 0.29) is 11.0 Å². The van der Waals surface area contributed by atoms with Gasteiger partial charge in [-0.25, -0.2) is 8.78 Å². The molecule has 0 heterocycles. The summed E-state index contributed by atoms with van der Waals surface area (Å²) in [6.45, 7) is 2.22. The van der Waals surface area contributed by atoms with Gasteiger partial charge >= 0.3 is 0 Å². The molecule has 1 saturated carbocycles. The van der Waals surface area contributed by atoms with E-state index in [2.05, 4.69) is 6.92 Å². The molecule has 1 aromatic rings. The van der Waals surface area contributed by atoms with E-state index in [1.54, 1.807) is 0 Å². The third kappa shape index (κ3) is 4.18. The molecule has 0 amide bonds. The van der Waals surface area contributed by atoms with Crippen LogP contribution in [0.1, 0.15) is 57.4 Å². The van der Waals surface area contributed by atoms with Crippen molar-refractivity contribution in [1.29, 1.82) is 0 Å². The first-order valence-electron chi connectivity index (χ1n) is 8.09. The van der Waals surface area contributed by atoms with Crippen molar-refractivity contribution >= 4 is 11.6 Å². The number of halogens is 3. The van der Waals surface area contributed by atoms with E-state index < -0.39 is 11.6 Å². The van der Waals surface area contributed by atoms with Gasteiger partial charge < -0.3 is 0 Å². The van der Waals surface area contributed by atoms with E-state index in [0.717, 1.165) is 31.6 Å². The maximum Gasteiger partial charge on any atom is 0.129 e. The molecule has 0 radical (unpaired) electrons. The van der Waals surface area contributed by atoms with Crippen LogP contribution in [0.25, 0.3) is 0 Å². The third-order valence-corrected chi connectivity index (χ3v) is 5.60. The predicted molar refractivity (Wildman–Crippen MR) is 84.7 cm³/mol. The average molecular weight is 315 g/mol. The Hall–Kier alpha value is -0.630. The topological polar surface area (TPSA) is 0 Å². The Balaban J connectivity index is 2.03. The van der Waals surface area contributed by atoms with Gasteiger partial charge in [-0.1, -0.05) is 32.3 Å². The highest BCUT2D eigenvalue weighted by Gasteiger charge is 2.35. The lowest BCUT2D eigenvalue weighted by Gasteiger charge is -2.39. The Kier molecular flexibility index (Phi) is 6.04. The molecule has 0 atom stereocenters. The van der Waals surface area contributed by atoms with Crippen molar-refractivity contribution in [3.8, 4) is 0 Å². The smallest absolute Gasteiger partial charge is 0.129 e. The molecule has 0 aromatic heterocycles. The summed E-state index contributed by atoms with van der Waals surface area (Å²) in [7, 11) is 0. The van der Waals surface area contributed by atoms with Gasteiger partial charge in [0.1, 0.15) is 11.6 Å². The van der Waals surface area contributed by atoms with Crippen molar-refractivity contribution < 1.29 is 8.78 Å². The Bertz CT molecular complexity index is 430. The first-order valence-corrected chi connectivity index (χ1v) is 8.62. The predicted octanol–water partition coefficient (Wildman–Crippen LogP) is 6.11. The summed E-state index contributed by atoms with van der Waals surface area (Å²) in [6.07, 6.45) is 8.47. The molecular weight excluding hydrogens is 290 g/mol. The molecule has 1 aliphatic rings. The molecule has 118 valence electrons. The Labute approximate surface area is 131 Å². The largest absolute Gasteiger partial charge is 0.207 e. The van der Waals surface area contributed by atoms with Gasteiger partial charge in [-0.05, 0) is 55.6 Å². The quantitative estimate of drug-likeness (QED) is 0.555. The number of hydrogen-bond acceptors (Lipinski definition) is 0. The minimum absolute atomic E-state index is 0.132. The van der Waals surface area contributed by atoms with Crippen LogP contribution < -0.4 is 0 Å². The van der Waals surface area contributed by atoms with Gasteiger partial charge in [0.15, 0.2) is 0 Å². The van der Waals surface area contributed by atoms with Crippen LogP contribution in [-0.4, -0.2) is 5.88 Å². The lowest BCUT2D eigenvalue weighted by molar-refractivity contribution is 0.163. The lowest BCUT2D eigenvalue weighted by Crippen LogP contribution is -2.32. The molecule has 0 aliphatic heterocycles. The molecule has 0 saturated heterocycles. The van der Waals surface area contributed by atoms with Crippen molar-refractivity contribution in [2.45, 2.75) is 58.3 Å². The van der Waals surface area contributed by atoms with Crippen LogP contribution in [0.4, 0.5) is 8.78 Å². The molecule has 0 spiro atoms. The number of alkyl halides is 1. The highest BCUT2D eigenvalue weighted by Crippen LogP contribution is 2.44. The second-order valence-electron chi connectivity index (χ2n) is 6.60. The number of unbranched alkanes of at least 4 members (excludes halogenated alkanes) is 1. The Morgan fingerprint density at radius 1 is 1.19 bits per heavy atom. The summed E-state index contributed by atoms with van der Waals surface area (Å²) in [5, 5.41) is 0. The summed E-state index contributed by atoms with van der Waals surface area (Å²) in [5.74, 6) is 0.383. The maximum atomic E-state index is 13.9. The zero-order chi connectivity index (χ0) is 15.3. The zero-order valence-corrected chi connectivity index (χ0v) is 13.6. The van der Waals surface area contributed by atoms with Gasteiger partial charge in [0.2, 0.25) is 0 Å². The highest BCUT2D eigenvalue weighted by atomic mass is 35.5.